The van der Waals surface area contributed by atoms with Crippen LogP contribution in [0.25, 0.3) is 11.6 Å². The van der Waals surface area contributed by atoms with Gasteiger partial charge in [-0.15, -0.1) is 23.1 Å². The van der Waals surface area contributed by atoms with Gasteiger partial charge in [-0.3, -0.25) is 19.2 Å². The number of rotatable bonds is 7. The van der Waals surface area contributed by atoms with Crippen molar-refractivity contribution in [2.75, 3.05) is 24.6 Å². The van der Waals surface area contributed by atoms with Crippen LogP contribution in [0.1, 0.15) is 34.9 Å². The summed E-state index contributed by atoms with van der Waals surface area (Å²) in [6.45, 7) is 6.70. The Kier molecular flexibility index (Phi) is 7.33. The van der Waals surface area contributed by atoms with Crippen molar-refractivity contribution in [3.63, 3.8) is 0 Å². The number of aromatic nitrogens is 1. The molecule has 1 aromatic heterocycles. The number of anilines is 1. The molecule has 0 radical (unpaired) electrons. The molecule has 3 atom stereocenters. The van der Waals surface area contributed by atoms with Crippen LogP contribution in [0, 0.1) is 26.2 Å². The molecular formula is C25H28N4O6S2. The molecule has 2 amide bonds. The van der Waals surface area contributed by atoms with E-state index >= 15 is 0 Å². The lowest BCUT2D eigenvalue weighted by Crippen LogP contribution is -2.74. The number of aryl methyl sites for hydroxylation is 3. The average molecular weight is 545 g/mol. The van der Waals surface area contributed by atoms with E-state index in [9.17, 15) is 24.3 Å². The topological polar surface area (TPSA) is 152 Å². The molecule has 0 spiro atoms. The highest BCUT2D eigenvalue weighted by Crippen LogP contribution is 2.42. The first-order valence-electron chi connectivity index (χ1n) is 11.5. The SMILES string of the molecule is CC(=O)OCC1(C(=O)O)CS[C@@H]2C(NC(=O)C(=Cc3c(C)cc(C)cc3C)c3csc(N)n3)C(=O)N2C1. The third-order valence-corrected chi connectivity index (χ3v) is 8.77. The number of thiazole rings is 1. The van der Waals surface area contributed by atoms with Crippen LogP contribution in [0.2, 0.25) is 0 Å². The smallest absolute Gasteiger partial charge is 0.315 e. The summed E-state index contributed by atoms with van der Waals surface area (Å²) in [5, 5.41) is 14.2. The summed E-state index contributed by atoms with van der Waals surface area (Å²) >= 11 is 2.45. The number of thioether (sulfide) groups is 1. The standard InChI is InChI=1S/C25H28N4O6S2/c1-12-5-13(2)16(14(3)6-12)7-17(18-8-36-24(26)27-18)20(31)28-19-21(32)29-9-25(23(33)34,10-35-15(4)30)11-37-22(19)29/h5-8,19,22H,9-11H2,1-4H3,(H2,26,27)(H,28,31)(H,33,34)/t19?,22-,25?/m1/s1. The quantitative estimate of drug-likeness (QED) is 0.271. The zero-order valence-electron chi connectivity index (χ0n) is 20.9. The Labute approximate surface area is 222 Å². The van der Waals surface area contributed by atoms with E-state index in [1.165, 1.54) is 34.9 Å². The van der Waals surface area contributed by atoms with Crippen molar-refractivity contribution in [3.05, 3.63) is 45.5 Å². The van der Waals surface area contributed by atoms with Gasteiger partial charge < -0.3 is 25.8 Å². The van der Waals surface area contributed by atoms with Crippen LogP contribution in [0.15, 0.2) is 17.5 Å². The first-order chi connectivity index (χ1) is 17.4. The molecule has 2 aliphatic rings. The number of nitrogen functional groups attached to an aromatic ring is 1. The number of carboxylic acids is 1. The Balaban J connectivity index is 1.56. The average Bonchev–Trinajstić information content (AvgIpc) is 3.25. The predicted molar refractivity (Wildman–Crippen MR) is 142 cm³/mol. The first kappa shape index (κ1) is 26.7. The lowest BCUT2D eigenvalue weighted by molar-refractivity contribution is -0.164. The second-order valence-corrected chi connectivity index (χ2v) is 11.4. The molecule has 0 saturated carbocycles. The van der Waals surface area contributed by atoms with Crippen LogP contribution in [-0.2, 0) is 23.9 Å². The molecule has 2 unspecified atom stereocenters. The minimum absolute atomic E-state index is 0.106. The number of nitrogens with one attached hydrogen (secondary N) is 1. The number of fused-ring (bicyclic) bond motifs is 1. The van der Waals surface area contributed by atoms with Crippen molar-refractivity contribution in [2.45, 2.75) is 39.1 Å². The number of carboxylic acid groups (broad SMARTS) is 1. The number of carbonyl (C=O) groups excluding carboxylic acids is 3. The summed E-state index contributed by atoms with van der Waals surface area (Å²) in [6.07, 6.45) is 1.76. The zero-order chi connectivity index (χ0) is 27.1. The van der Waals surface area contributed by atoms with E-state index in [1.54, 1.807) is 11.5 Å². The van der Waals surface area contributed by atoms with E-state index in [1.807, 2.05) is 32.9 Å². The Morgan fingerprint density at radius 1 is 1.30 bits per heavy atom. The van der Waals surface area contributed by atoms with E-state index in [2.05, 4.69) is 10.3 Å². The van der Waals surface area contributed by atoms with Gasteiger partial charge in [0.2, 0.25) is 5.91 Å². The molecule has 196 valence electrons. The molecule has 2 fully saturated rings. The predicted octanol–water partition coefficient (Wildman–Crippen LogP) is 2.23. The molecule has 37 heavy (non-hydrogen) atoms. The lowest BCUT2D eigenvalue weighted by Gasteiger charge is -2.53. The van der Waals surface area contributed by atoms with Crippen LogP contribution in [-0.4, -0.2) is 69.1 Å². The summed E-state index contributed by atoms with van der Waals surface area (Å²) in [5.41, 5.74) is 9.11. The number of hydrogen-bond donors (Lipinski definition) is 3. The van der Waals surface area contributed by atoms with Crippen LogP contribution < -0.4 is 11.1 Å². The third-order valence-electron chi connectivity index (χ3n) is 6.51. The first-order valence-corrected chi connectivity index (χ1v) is 13.5. The maximum atomic E-state index is 13.5. The van der Waals surface area contributed by atoms with Crippen LogP contribution in [0.4, 0.5) is 5.13 Å². The normalized spacial score (nSPS) is 23.2. The highest BCUT2D eigenvalue weighted by atomic mass is 32.2. The number of amides is 2. The fourth-order valence-electron chi connectivity index (χ4n) is 4.60. The van der Waals surface area contributed by atoms with Gasteiger partial charge in [-0.2, -0.15) is 0 Å². The second-order valence-electron chi connectivity index (χ2n) is 9.43. The van der Waals surface area contributed by atoms with Gasteiger partial charge in [-0.25, -0.2) is 4.98 Å². The van der Waals surface area contributed by atoms with Crippen molar-refractivity contribution < 1.29 is 29.0 Å². The van der Waals surface area contributed by atoms with Gasteiger partial charge >= 0.3 is 11.9 Å². The van der Waals surface area contributed by atoms with Crippen LogP contribution >= 0.6 is 23.1 Å². The number of carbonyl (C=O) groups is 4. The number of ether oxygens (including phenoxy) is 1. The molecule has 0 bridgehead atoms. The van der Waals surface area contributed by atoms with Gasteiger partial charge in [-0.1, -0.05) is 17.7 Å². The third kappa shape index (κ3) is 5.21. The molecule has 4 rings (SSSR count). The molecule has 2 aromatic rings. The van der Waals surface area contributed by atoms with Gasteiger partial charge in [-0.05, 0) is 43.5 Å². The number of nitrogens with zero attached hydrogens (tertiary/aromatic N) is 2. The Hall–Kier alpha value is -3.38. The lowest BCUT2D eigenvalue weighted by atomic mass is 9.88. The van der Waals surface area contributed by atoms with Gasteiger partial charge in [0.05, 0.1) is 11.3 Å². The van der Waals surface area contributed by atoms with Crippen LogP contribution in [0.3, 0.4) is 0 Å². The molecule has 0 aliphatic carbocycles. The summed E-state index contributed by atoms with van der Waals surface area (Å²) in [7, 11) is 0. The van der Waals surface area contributed by atoms with E-state index in [4.69, 9.17) is 10.5 Å². The minimum Gasteiger partial charge on any atom is -0.481 e. The molecule has 12 heteroatoms. The summed E-state index contributed by atoms with van der Waals surface area (Å²) in [6, 6.07) is 3.23. The number of hydrogen-bond acceptors (Lipinski definition) is 9. The molecule has 1 aromatic carbocycles. The second kappa shape index (κ2) is 10.2. The number of nitrogens with two attached hydrogens (primary N) is 1. The van der Waals surface area contributed by atoms with E-state index < -0.39 is 34.7 Å². The fourth-order valence-corrected chi connectivity index (χ4v) is 6.68. The van der Waals surface area contributed by atoms with Gasteiger partial charge in [0.25, 0.3) is 5.91 Å². The largest absolute Gasteiger partial charge is 0.481 e. The number of benzene rings is 1. The van der Waals surface area contributed by atoms with Crippen LogP contribution in [0.5, 0.6) is 0 Å². The zero-order valence-corrected chi connectivity index (χ0v) is 22.5. The number of β-lactam (4-membered cyclic amide) rings is 1. The fraction of sp³-hybridized carbons (Fsp3) is 0.400. The summed E-state index contributed by atoms with van der Waals surface area (Å²) in [5.74, 6) is -2.47. The highest BCUT2D eigenvalue weighted by Gasteiger charge is 2.58. The molecule has 2 aliphatic heterocycles. The maximum absolute atomic E-state index is 13.5. The van der Waals surface area contributed by atoms with Crippen molar-refractivity contribution >= 4 is 63.6 Å². The number of aliphatic carboxylic acids is 1. The molecule has 4 N–H and O–H groups in total. The van der Waals surface area contributed by atoms with Crippen molar-refractivity contribution in [2.24, 2.45) is 5.41 Å². The molecular weight excluding hydrogens is 516 g/mol. The Bertz CT molecular complexity index is 1300. The molecule has 3 heterocycles. The van der Waals surface area contributed by atoms with Crippen molar-refractivity contribution in [3.8, 4) is 0 Å². The van der Waals surface area contributed by atoms with Crippen molar-refractivity contribution in [1.82, 2.24) is 15.2 Å². The van der Waals surface area contributed by atoms with E-state index in [0.29, 0.717) is 10.8 Å². The van der Waals surface area contributed by atoms with Crippen molar-refractivity contribution in [1.29, 1.82) is 0 Å². The van der Waals surface area contributed by atoms with Gasteiger partial charge in [0, 0.05) is 24.6 Å². The summed E-state index contributed by atoms with van der Waals surface area (Å²) in [4.78, 5) is 55.4. The number of esters is 1. The molecule has 2 saturated heterocycles. The molecule has 10 nitrogen and oxygen atoms in total. The van der Waals surface area contributed by atoms with Gasteiger partial charge in [0.1, 0.15) is 23.4 Å². The van der Waals surface area contributed by atoms with E-state index in [0.717, 1.165) is 22.3 Å². The van der Waals surface area contributed by atoms with E-state index in [-0.39, 0.29) is 30.4 Å². The maximum Gasteiger partial charge on any atom is 0.315 e. The monoisotopic (exact) mass is 544 g/mol. The Morgan fingerprint density at radius 3 is 2.54 bits per heavy atom. The summed E-state index contributed by atoms with van der Waals surface area (Å²) < 4.78 is 4.98. The highest BCUT2D eigenvalue weighted by molar-refractivity contribution is 8.00. The Morgan fingerprint density at radius 2 is 1.97 bits per heavy atom. The van der Waals surface area contributed by atoms with Gasteiger partial charge in [0.15, 0.2) is 5.13 Å². The minimum atomic E-state index is -1.40.